The molecule has 0 aliphatic heterocycles. The number of carbonyl (C=O) groups is 1. The summed E-state index contributed by atoms with van der Waals surface area (Å²) in [5.41, 5.74) is 0.417. The highest BCUT2D eigenvalue weighted by Crippen LogP contribution is 2.29. The van der Waals surface area contributed by atoms with Gasteiger partial charge in [0.1, 0.15) is 0 Å². The molecule has 1 rings (SSSR count). The molecule has 0 saturated carbocycles. The van der Waals surface area contributed by atoms with Gasteiger partial charge in [-0.2, -0.15) is 0 Å². The van der Waals surface area contributed by atoms with E-state index in [1.807, 2.05) is 20.8 Å². The third kappa shape index (κ3) is 4.84. The summed E-state index contributed by atoms with van der Waals surface area (Å²) in [5.74, 6) is -0.0893. The summed E-state index contributed by atoms with van der Waals surface area (Å²) in [6.07, 6.45) is 0. The van der Waals surface area contributed by atoms with Gasteiger partial charge in [-0.05, 0) is 32.9 Å². The van der Waals surface area contributed by atoms with E-state index in [9.17, 15) is 4.79 Å². The quantitative estimate of drug-likeness (QED) is 0.888. The van der Waals surface area contributed by atoms with E-state index in [1.54, 1.807) is 18.2 Å². The smallest absolute Gasteiger partial charge is 0.239 e. The van der Waals surface area contributed by atoms with Crippen molar-refractivity contribution in [3.8, 4) is 0 Å². The summed E-state index contributed by atoms with van der Waals surface area (Å²) < 4.78 is 0. The third-order valence-electron chi connectivity index (χ3n) is 1.91. The third-order valence-corrected chi connectivity index (χ3v) is 2.72. The number of carbonyl (C=O) groups excluding carboxylic acids is 1. The lowest BCUT2D eigenvalue weighted by Gasteiger charge is -2.20. The first-order chi connectivity index (χ1) is 7.79. The van der Waals surface area contributed by atoms with Crippen molar-refractivity contribution >= 4 is 34.8 Å². The number of nitrogens with one attached hydrogen (secondary N) is 2. The van der Waals surface area contributed by atoms with Crippen LogP contribution in [0.25, 0.3) is 0 Å². The average Bonchev–Trinajstić information content (AvgIpc) is 2.18. The zero-order valence-corrected chi connectivity index (χ0v) is 11.6. The van der Waals surface area contributed by atoms with E-state index in [-0.39, 0.29) is 18.0 Å². The lowest BCUT2D eigenvalue weighted by Crippen LogP contribution is -2.43. The van der Waals surface area contributed by atoms with Crippen LogP contribution in [0, 0.1) is 0 Å². The van der Waals surface area contributed by atoms with Crippen LogP contribution >= 0.6 is 23.2 Å². The molecule has 0 bridgehead atoms. The summed E-state index contributed by atoms with van der Waals surface area (Å²) in [5, 5.41) is 6.69. The second kappa shape index (κ2) is 5.61. The van der Waals surface area contributed by atoms with Crippen LogP contribution in [-0.2, 0) is 4.79 Å². The Labute approximate surface area is 111 Å². The van der Waals surface area contributed by atoms with Crippen molar-refractivity contribution in [2.75, 3.05) is 11.9 Å². The van der Waals surface area contributed by atoms with Crippen LogP contribution in [-0.4, -0.2) is 18.0 Å². The average molecular weight is 275 g/mol. The molecule has 2 N–H and O–H groups in total. The summed E-state index contributed by atoms with van der Waals surface area (Å²) in [6, 6.07) is 5.25. The molecule has 0 spiro atoms. The van der Waals surface area contributed by atoms with Gasteiger partial charge in [-0.1, -0.05) is 29.3 Å². The van der Waals surface area contributed by atoms with Gasteiger partial charge in [0.2, 0.25) is 5.91 Å². The van der Waals surface area contributed by atoms with Gasteiger partial charge in [-0.25, -0.2) is 0 Å². The fourth-order valence-electron chi connectivity index (χ4n) is 1.28. The standard InChI is InChI=1S/C12H16Cl2N2O/c1-12(2,3)16-10(17)7-15-9-6-4-5-8(13)11(9)14/h4-6,15H,7H2,1-3H3,(H,16,17). The molecular weight excluding hydrogens is 259 g/mol. The first-order valence-corrected chi connectivity index (χ1v) is 6.04. The van der Waals surface area contributed by atoms with Gasteiger partial charge in [0.15, 0.2) is 0 Å². The highest BCUT2D eigenvalue weighted by Gasteiger charge is 2.13. The lowest BCUT2D eigenvalue weighted by atomic mass is 10.1. The summed E-state index contributed by atoms with van der Waals surface area (Å²) in [4.78, 5) is 11.6. The van der Waals surface area contributed by atoms with Crippen LogP contribution in [0.1, 0.15) is 20.8 Å². The topological polar surface area (TPSA) is 41.1 Å². The molecule has 1 aromatic carbocycles. The van der Waals surface area contributed by atoms with Crippen molar-refractivity contribution in [3.63, 3.8) is 0 Å². The maximum atomic E-state index is 11.6. The fraction of sp³-hybridized carbons (Fsp3) is 0.417. The Morgan fingerprint density at radius 1 is 1.29 bits per heavy atom. The highest BCUT2D eigenvalue weighted by atomic mass is 35.5. The minimum atomic E-state index is -0.239. The minimum absolute atomic E-state index is 0.0893. The van der Waals surface area contributed by atoms with E-state index in [4.69, 9.17) is 23.2 Å². The summed E-state index contributed by atoms with van der Waals surface area (Å²) in [7, 11) is 0. The molecule has 1 amide bonds. The number of halogens is 2. The molecule has 3 nitrogen and oxygen atoms in total. The number of benzene rings is 1. The van der Waals surface area contributed by atoms with Crippen molar-refractivity contribution in [3.05, 3.63) is 28.2 Å². The Bertz CT molecular complexity index is 413. The Hall–Kier alpha value is -0.930. The molecule has 1 aromatic rings. The Kier molecular flexibility index (Phi) is 4.66. The van der Waals surface area contributed by atoms with Crippen molar-refractivity contribution in [2.24, 2.45) is 0 Å². The van der Waals surface area contributed by atoms with Gasteiger partial charge in [-0.15, -0.1) is 0 Å². The molecule has 0 unspecified atom stereocenters. The van der Waals surface area contributed by atoms with Crippen LogP contribution in [0.15, 0.2) is 18.2 Å². The van der Waals surface area contributed by atoms with Gasteiger partial charge in [0.25, 0.3) is 0 Å². The van der Waals surface area contributed by atoms with Crippen molar-refractivity contribution in [2.45, 2.75) is 26.3 Å². The zero-order valence-electron chi connectivity index (χ0n) is 10.1. The number of amides is 1. The molecule has 94 valence electrons. The molecule has 0 radical (unpaired) electrons. The minimum Gasteiger partial charge on any atom is -0.375 e. The maximum absolute atomic E-state index is 11.6. The van der Waals surface area contributed by atoms with Crippen LogP contribution in [0.3, 0.4) is 0 Å². The number of hydrogen-bond acceptors (Lipinski definition) is 2. The largest absolute Gasteiger partial charge is 0.375 e. The first kappa shape index (κ1) is 14.1. The van der Waals surface area contributed by atoms with Gasteiger partial charge in [-0.3, -0.25) is 4.79 Å². The van der Waals surface area contributed by atoms with Gasteiger partial charge < -0.3 is 10.6 Å². The van der Waals surface area contributed by atoms with Crippen molar-refractivity contribution in [1.82, 2.24) is 5.32 Å². The molecular formula is C12H16Cl2N2O. The second-order valence-corrected chi connectivity index (χ2v) is 5.54. The predicted octanol–water partition coefficient (Wildman–Crippen LogP) is 3.32. The van der Waals surface area contributed by atoms with E-state index in [2.05, 4.69) is 10.6 Å². The highest BCUT2D eigenvalue weighted by molar-refractivity contribution is 6.43. The molecule has 0 aliphatic carbocycles. The molecule has 0 atom stereocenters. The molecule has 17 heavy (non-hydrogen) atoms. The molecule has 0 heterocycles. The Morgan fingerprint density at radius 3 is 2.53 bits per heavy atom. The van der Waals surface area contributed by atoms with Crippen LogP contribution in [0.5, 0.6) is 0 Å². The fourth-order valence-corrected chi connectivity index (χ4v) is 1.65. The molecule has 0 aromatic heterocycles. The van der Waals surface area contributed by atoms with Crippen LogP contribution in [0.2, 0.25) is 10.0 Å². The van der Waals surface area contributed by atoms with Crippen LogP contribution < -0.4 is 10.6 Å². The van der Waals surface area contributed by atoms with E-state index in [1.165, 1.54) is 0 Å². The molecule has 0 fully saturated rings. The van der Waals surface area contributed by atoms with Crippen LogP contribution in [0.4, 0.5) is 5.69 Å². The first-order valence-electron chi connectivity index (χ1n) is 5.28. The van der Waals surface area contributed by atoms with Gasteiger partial charge >= 0.3 is 0 Å². The Balaban J connectivity index is 2.56. The predicted molar refractivity (Wildman–Crippen MR) is 72.8 cm³/mol. The lowest BCUT2D eigenvalue weighted by molar-refractivity contribution is -0.120. The van der Waals surface area contributed by atoms with Gasteiger partial charge in [0, 0.05) is 5.54 Å². The monoisotopic (exact) mass is 274 g/mol. The Morgan fingerprint density at radius 2 is 1.94 bits per heavy atom. The van der Waals surface area contributed by atoms with E-state index in [0.717, 1.165) is 0 Å². The normalized spacial score (nSPS) is 11.1. The van der Waals surface area contributed by atoms with E-state index < -0.39 is 0 Å². The number of hydrogen-bond donors (Lipinski definition) is 2. The van der Waals surface area contributed by atoms with Crippen molar-refractivity contribution in [1.29, 1.82) is 0 Å². The van der Waals surface area contributed by atoms with E-state index >= 15 is 0 Å². The van der Waals surface area contributed by atoms with E-state index in [0.29, 0.717) is 15.7 Å². The second-order valence-electron chi connectivity index (χ2n) is 4.75. The molecule has 0 aliphatic rings. The maximum Gasteiger partial charge on any atom is 0.239 e. The van der Waals surface area contributed by atoms with Crippen molar-refractivity contribution < 1.29 is 4.79 Å². The SMILES string of the molecule is CC(C)(C)NC(=O)CNc1cccc(Cl)c1Cl. The number of rotatable bonds is 3. The number of anilines is 1. The van der Waals surface area contributed by atoms with Gasteiger partial charge in [0.05, 0.1) is 22.3 Å². The summed E-state index contributed by atoms with van der Waals surface area (Å²) >= 11 is 11.8. The molecule has 5 heteroatoms. The molecule has 0 saturated heterocycles. The zero-order chi connectivity index (χ0) is 13.1. The summed E-state index contributed by atoms with van der Waals surface area (Å²) in [6.45, 7) is 5.95.